The van der Waals surface area contributed by atoms with Gasteiger partial charge in [-0.3, -0.25) is 4.79 Å². The molecule has 0 unspecified atom stereocenters. The topological polar surface area (TPSA) is 71.3 Å². The molecule has 1 amide bonds. The molecule has 5 nitrogen and oxygen atoms in total. The number of carbonyl (C=O) groups excluding carboxylic acids is 1. The molecule has 7 heteroatoms. The highest BCUT2D eigenvalue weighted by Gasteiger charge is 2.14. The average molecular weight is 401 g/mol. The Labute approximate surface area is 167 Å². The molecule has 2 aromatic rings. The number of terminal acetylenes is 1. The third kappa shape index (κ3) is 5.43. The minimum atomic E-state index is -0.567. The Bertz CT molecular complexity index is 955. The molecular formula is C20H14Cl2N2O3. The second kappa shape index (κ2) is 9.54. The van der Waals surface area contributed by atoms with E-state index in [1.165, 1.54) is 13.2 Å². The number of anilines is 1. The standard InChI is InChI=1S/C20H14Cl2N2O3/c1-3-8-27-19-17(22)10-13(11-18(19)26-2)9-14(12-23)20(25)24-16-6-4-15(21)5-7-16/h1,4-7,9-11H,8H2,2H3,(H,24,25)/b14-9+. The number of nitriles is 1. The molecule has 0 atom stereocenters. The monoisotopic (exact) mass is 400 g/mol. The van der Waals surface area contributed by atoms with E-state index in [-0.39, 0.29) is 17.2 Å². The van der Waals surface area contributed by atoms with Crippen molar-refractivity contribution in [3.05, 3.63) is 57.6 Å². The Kier molecular flexibility index (Phi) is 7.14. The second-order valence-corrected chi connectivity index (χ2v) is 6.00. The molecule has 0 saturated carbocycles. The largest absolute Gasteiger partial charge is 0.493 e. The molecule has 2 rings (SSSR count). The molecule has 0 aromatic heterocycles. The zero-order chi connectivity index (χ0) is 19.8. The van der Waals surface area contributed by atoms with Crippen molar-refractivity contribution in [1.29, 1.82) is 5.26 Å². The van der Waals surface area contributed by atoms with Crippen LogP contribution in [0.5, 0.6) is 11.5 Å². The highest BCUT2D eigenvalue weighted by Crippen LogP contribution is 2.37. The molecule has 1 N–H and O–H groups in total. The third-order valence-electron chi connectivity index (χ3n) is 3.33. The van der Waals surface area contributed by atoms with Crippen LogP contribution in [0.2, 0.25) is 10.0 Å². The lowest BCUT2D eigenvalue weighted by Gasteiger charge is -2.12. The van der Waals surface area contributed by atoms with Crippen molar-refractivity contribution < 1.29 is 14.3 Å². The Balaban J connectivity index is 2.29. The van der Waals surface area contributed by atoms with E-state index in [0.29, 0.717) is 27.8 Å². The van der Waals surface area contributed by atoms with Crippen molar-refractivity contribution in [1.82, 2.24) is 0 Å². The second-order valence-electron chi connectivity index (χ2n) is 5.16. The van der Waals surface area contributed by atoms with Crippen molar-refractivity contribution in [3.63, 3.8) is 0 Å². The highest BCUT2D eigenvalue weighted by molar-refractivity contribution is 6.32. The maximum Gasteiger partial charge on any atom is 0.266 e. The zero-order valence-electron chi connectivity index (χ0n) is 14.3. The van der Waals surface area contributed by atoms with Gasteiger partial charge in [0, 0.05) is 10.7 Å². The van der Waals surface area contributed by atoms with Gasteiger partial charge in [-0.05, 0) is 48.0 Å². The van der Waals surface area contributed by atoms with E-state index in [1.54, 1.807) is 36.4 Å². The van der Waals surface area contributed by atoms with Crippen molar-refractivity contribution >= 4 is 40.9 Å². The van der Waals surface area contributed by atoms with E-state index in [9.17, 15) is 10.1 Å². The third-order valence-corrected chi connectivity index (χ3v) is 3.86. The molecule has 0 radical (unpaired) electrons. The molecule has 0 aliphatic heterocycles. The first kappa shape index (κ1) is 20.2. The van der Waals surface area contributed by atoms with Gasteiger partial charge in [-0.25, -0.2) is 0 Å². The van der Waals surface area contributed by atoms with Crippen LogP contribution in [0, 0.1) is 23.7 Å². The number of nitrogens with zero attached hydrogens (tertiary/aromatic N) is 1. The van der Waals surface area contributed by atoms with Crippen LogP contribution in [-0.2, 0) is 4.79 Å². The van der Waals surface area contributed by atoms with Gasteiger partial charge in [-0.2, -0.15) is 5.26 Å². The first-order valence-electron chi connectivity index (χ1n) is 7.61. The molecule has 0 spiro atoms. The summed E-state index contributed by atoms with van der Waals surface area (Å²) >= 11 is 12.0. The average Bonchev–Trinajstić information content (AvgIpc) is 2.66. The molecule has 0 fully saturated rings. The summed E-state index contributed by atoms with van der Waals surface area (Å²) in [4.78, 5) is 12.3. The minimum Gasteiger partial charge on any atom is -0.493 e. The van der Waals surface area contributed by atoms with E-state index in [4.69, 9.17) is 39.1 Å². The summed E-state index contributed by atoms with van der Waals surface area (Å²) in [6, 6.07) is 11.5. The number of nitrogens with one attached hydrogen (secondary N) is 1. The van der Waals surface area contributed by atoms with Crippen LogP contribution in [0.1, 0.15) is 5.56 Å². The summed E-state index contributed by atoms with van der Waals surface area (Å²) in [7, 11) is 1.44. The van der Waals surface area contributed by atoms with E-state index in [1.807, 2.05) is 6.07 Å². The summed E-state index contributed by atoms with van der Waals surface area (Å²) in [6.07, 6.45) is 6.57. The van der Waals surface area contributed by atoms with E-state index in [2.05, 4.69) is 11.2 Å². The normalized spacial score (nSPS) is 10.5. The van der Waals surface area contributed by atoms with Gasteiger partial charge < -0.3 is 14.8 Å². The Morgan fingerprint density at radius 1 is 1.30 bits per heavy atom. The van der Waals surface area contributed by atoms with Crippen molar-refractivity contribution in [2.24, 2.45) is 0 Å². The van der Waals surface area contributed by atoms with Crippen LogP contribution in [-0.4, -0.2) is 19.6 Å². The Hall–Kier alpha value is -3.12. The number of ether oxygens (including phenoxy) is 2. The molecule has 0 aliphatic rings. The summed E-state index contributed by atoms with van der Waals surface area (Å²) in [6.45, 7) is 0.0260. The van der Waals surface area contributed by atoms with Gasteiger partial charge in [-0.15, -0.1) is 6.42 Å². The van der Waals surface area contributed by atoms with Crippen LogP contribution >= 0.6 is 23.2 Å². The number of benzene rings is 2. The van der Waals surface area contributed by atoms with Gasteiger partial charge in [0.15, 0.2) is 11.5 Å². The summed E-state index contributed by atoms with van der Waals surface area (Å²) in [5, 5.41) is 12.7. The van der Waals surface area contributed by atoms with Gasteiger partial charge in [0.05, 0.1) is 12.1 Å². The zero-order valence-corrected chi connectivity index (χ0v) is 15.8. The number of halogens is 2. The quantitative estimate of drug-likeness (QED) is 0.438. The van der Waals surface area contributed by atoms with Gasteiger partial charge >= 0.3 is 0 Å². The van der Waals surface area contributed by atoms with Crippen molar-refractivity contribution in [2.75, 3.05) is 19.0 Å². The first-order chi connectivity index (χ1) is 13.0. The number of hydrogen-bond acceptors (Lipinski definition) is 4. The molecule has 0 aliphatic carbocycles. The number of methoxy groups -OCH3 is 1. The SMILES string of the molecule is C#CCOc1c(Cl)cc(/C=C(\C#N)C(=O)Nc2ccc(Cl)cc2)cc1OC. The first-order valence-corrected chi connectivity index (χ1v) is 8.36. The molecule has 0 saturated heterocycles. The van der Waals surface area contributed by atoms with Crippen LogP contribution < -0.4 is 14.8 Å². The lowest BCUT2D eigenvalue weighted by Crippen LogP contribution is -2.13. The smallest absolute Gasteiger partial charge is 0.266 e. The van der Waals surface area contributed by atoms with Gasteiger partial charge in [-0.1, -0.05) is 29.1 Å². The number of hydrogen-bond donors (Lipinski definition) is 1. The minimum absolute atomic E-state index is 0.0260. The fourth-order valence-electron chi connectivity index (χ4n) is 2.12. The molecule has 0 bridgehead atoms. The summed E-state index contributed by atoms with van der Waals surface area (Å²) in [5.74, 6) is 2.40. The lowest BCUT2D eigenvalue weighted by molar-refractivity contribution is -0.112. The predicted octanol–water partition coefficient (Wildman–Crippen LogP) is 4.56. The Morgan fingerprint density at radius 2 is 2.00 bits per heavy atom. The van der Waals surface area contributed by atoms with Crippen LogP contribution in [0.4, 0.5) is 5.69 Å². The highest BCUT2D eigenvalue weighted by atomic mass is 35.5. The Morgan fingerprint density at radius 3 is 2.59 bits per heavy atom. The predicted molar refractivity (Wildman–Crippen MR) is 106 cm³/mol. The van der Waals surface area contributed by atoms with Crippen LogP contribution in [0.3, 0.4) is 0 Å². The lowest BCUT2D eigenvalue weighted by atomic mass is 10.1. The van der Waals surface area contributed by atoms with Crippen LogP contribution in [0.15, 0.2) is 42.0 Å². The van der Waals surface area contributed by atoms with E-state index in [0.717, 1.165) is 0 Å². The van der Waals surface area contributed by atoms with Crippen molar-refractivity contribution in [2.45, 2.75) is 0 Å². The summed E-state index contributed by atoms with van der Waals surface area (Å²) in [5.41, 5.74) is 0.896. The van der Waals surface area contributed by atoms with Gasteiger partial charge in [0.25, 0.3) is 5.91 Å². The molecule has 27 heavy (non-hydrogen) atoms. The van der Waals surface area contributed by atoms with Gasteiger partial charge in [0.2, 0.25) is 0 Å². The number of amides is 1. The maximum atomic E-state index is 12.3. The maximum absolute atomic E-state index is 12.3. The van der Waals surface area contributed by atoms with E-state index < -0.39 is 5.91 Å². The summed E-state index contributed by atoms with van der Waals surface area (Å²) < 4.78 is 10.6. The van der Waals surface area contributed by atoms with Crippen molar-refractivity contribution in [3.8, 4) is 29.9 Å². The number of carbonyl (C=O) groups is 1. The molecule has 2 aromatic carbocycles. The fraction of sp³-hybridized carbons (Fsp3) is 0.100. The molecule has 0 heterocycles. The van der Waals surface area contributed by atoms with E-state index >= 15 is 0 Å². The number of rotatable bonds is 6. The molecule has 136 valence electrons. The fourth-order valence-corrected chi connectivity index (χ4v) is 2.52. The van der Waals surface area contributed by atoms with Gasteiger partial charge in [0.1, 0.15) is 18.2 Å². The molecular weight excluding hydrogens is 387 g/mol. The van der Waals surface area contributed by atoms with Crippen LogP contribution in [0.25, 0.3) is 6.08 Å².